The Morgan fingerprint density at radius 1 is 0.417 bits per heavy atom. The van der Waals surface area contributed by atoms with Gasteiger partial charge in [0.25, 0.3) is 0 Å². The van der Waals surface area contributed by atoms with Gasteiger partial charge in [0.2, 0.25) is 0 Å². The van der Waals surface area contributed by atoms with Gasteiger partial charge < -0.3 is 75.5 Å². The lowest BCUT2D eigenvalue weighted by Gasteiger charge is -2.58. The van der Waals surface area contributed by atoms with Crippen molar-refractivity contribution in [1.29, 1.82) is 0 Å². The highest BCUT2D eigenvalue weighted by molar-refractivity contribution is 6.74. The van der Waals surface area contributed by atoms with Crippen molar-refractivity contribution < 1.29 is 114 Å². The van der Waals surface area contributed by atoms with Crippen LogP contribution in [0.3, 0.4) is 0 Å². The second kappa shape index (κ2) is 40.9. The van der Waals surface area contributed by atoms with Crippen molar-refractivity contribution in [1.82, 2.24) is 0 Å². The average Bonchev–Trinajstić information content (AvgIpc) is 1.51. The number of carbonyl (C=O) groups excluding carboxylic acids is 8. The standard InChI is InChI=1S/C107H120O24Si/c1-64(62-117-132(10,11)105(5,6)7)52-55-81-65(2)84-82(121-81)61-80-78-54-53-76-60-77(56-58-106(76,8)79(78)57-59-107(80,84)9)120-104-93(131-103-92(129-101(115)75-50-34-19-35-51-75)89(126-98(112)72-44-28-16-29-45-72)86(67(4)119-103)124-96(110)70-40-24-14-25-41-70)90(127-99(113)73-46-30-17-31-47-73)87(83(122-104)63-116-94(108)68-36-20-12-21-37-68)130-102-91(128-100(114)74-48-32-18-33-49-74)88(125-97(111)71-42-26-15-27-43-71)85(66(3)118-102)123-95(109)69-38-22-13-23-39-69/h12-51,53,64-67,77-93,102-104H,52,54-63H2,1-11H3/t64-,65-,66+,67+,77+,78-,79+,80+,81-,82+,83-,84+,85+,86+,87-,88-,89-,90+,91-,92-,93-,102+,103+,104-,106+,107+/m1/s1. The molecule has 0 amide bonds. The first kappa shape index (κ1) is 94.4. The van der Waals surface area contributed by atoms with E-state index in [4.69, 9.17) is 75.5 Å². The molecule has 3 saturated carbocycles. The molecule has 696 valence electrons. The predicted molar refractivity (Wildman–Crippen MR) is 488 cm³/mol. The predicted octanol–water partition coefficient (Wildman–Crippen LogP) is 18.8. The Hall–Kier alpha value is -10.8. The molecule has 0 radical (unpaired) electrons. The highest BCUT2D eigenvalue weighted by atomic mass is 28.4. The van der Waals surface area contributed by atoms with Gasteiger partial charge in [0.05, 0.1) is 75.0 Å². The van der Waals surface area contributed by atoms with E-state index in [0.717, 1.165) is 45.1 Å². The molecule has 25 heteroatoms. The van der Waals surface area contributed by atoms with Gasteiger partial charge in [-0.3, -0.25) is 0 Å². The number of benzene rings is 8. The van der Waals surface area contributed by atoms with Crippen molar-refractivity contribution in [3.8, 4) is 0 Å². The molecule has 4 saturated heterocycles. The minimum absolute atomic E-state index is 0.0142. The van der Waals surface area contributed by atoms with Crippen LogP contribution in [0.25, 0.3) is 0 Å². The smallest absolute Gasteiger partial charge is 0.338 e. The molecule has 0 unspecified atom stereocenters. The van der Waals surface area contributed by atoms with E-state index >= 15 is 19.2 Å². The maximum absolute atomic E-state index is 15.9. The summed E-state index contributed by atoms with van der Waals surface area (Å²) in [6.45, 7) is 24.3. The van der Waals surface area contributed by atoms with Crippen LogP contribution in [0.5, 0.6) is 0 Å². The molecule has 4 aliphatic carbocycles. The van der Waals surface area contributed by atoms with E-state index < -0.39 is 161 Å². The summed E-state index contributed by atoms with van der Waals surface area (Å²) >= 11 is 0. The zero-order chi connectivity index (χ0) is 92.8. The van der Waals surface area contributed by atoms with E-state index in [1.54, 1.807) is 177 Å². The van der Waals surface area contributed by atoms with Crippen LogP contribution in [0.2, 0.25) is 18.1 Å². The van der Waals surface area contributed by atoms with Gasteiger partial charge in [-0.1, -0.05) is 206 Å². The lowest BCUT2D eigenvalue weighted by molar-refractivity contribution is -0.386. The molecule has 0 bridgehead atoms. The molecule has 0 spiro atoms. The van der Waals surface area contributed by atoms with Crippen molar-refractivity contribution in [3.05, 3.63) is 299 Å². The monoisotopic (exact) mass is 1820 g/mol. The number of allylic oxidation sites excluding steroid dienone is 1. The molecule has 24 nitrogen and oxygen atoms in total. The van der Waals surface area contributed by atoms with E-state index in [0.29, 0.717) is 54.8 Å². The Morgan fingerprint density at radius 3 is 1.18 bits per heavy atom. The summed E-state index contributed by atoms with van der Waals surface area (Å²) in [4.78, 5) is 120. The number of ether oxygens (including phenoxy) is 15. The van der Waals surface area contributed by atoms with Crippen LogP contribution in [0, 0.1) is 46.3 Å². The summed E-state index contributed by atoms with van der Waals surface area (Å²) in [7, 11) is -1.91. The van der Waals surface area contributed by atoms with Gasteiger partial charge in [0.1, 0.15) is 18.8 Å². The van der Waals surface area contributed by atoms with Gasteiger partial charge in [-0.15, -0.1) is 0 Å². The first-order chi connectivity index (χ1) is 63.5. The molecule has 0 N–H and O–H groups in total. The minimum Gasteiger partial charge on any atom is -0.459 e. The summed E-state index contributed by atoms with van der Waals surface area (Å²) < 4.78 is 111. The molecule has 8 aliphatic rings. The first-order valence-corrected chi connectivity index (χ1v) is 49.4. The zero-order valence-corrected chi connectivity index (χ0v) is 77.6. The SMILES string of the molecule is C[C@H](CC[C@H]1O[C@H]2C[C@H]3[C@@H]4CC=C5C[C@@H](O[C@@H]6O[C@H](COC(=O)c7ccccc7)[C@@H](O[C@@H]7O[C@@H](C)[C@H](OC(=O)c8ccccc8)[C@@H](OC(=O)c8ccccc8)[C@H]7OC(=O)c7ccccc7)[C@H](OC(=O)c7ccccc7)[C@H]6O[C@@H]6O[C@@H](C)[C@H](OC(=O)c7ccccc7)[C@@H](OC(=O)c7ccccc7)[C@H]6OC(=O)c6ccccc6)CC[C@]5(C)[C@H]4CC[C@]3(C)[C@H]2[C@@H]1C)CO[Si](C)(C)C(C)(C)C. The molecule has 132 heavy (non-hydrogen) atoms. The minimum atomic E-state index is -2.00. The van der Waals surface area contributed by atoms with Crippen molar-refractivity contribution in [2.45, 2.75) is 249 Å². The third kappa shape index (κ3) is 20.7. The third-order valence-electron chi connectivity index (χ3n) is 29.2. The fourth-order valence-electron chi connectivity index (χ4n) is 21.1. The molecule has 26 atom stereocenters. The van der Waals surface area contributed by atoms with Gasteiger partial charge in [0.15, 0.2) is 76.0 Å². The van der Waals surface area contributed by atoms with Gasteiger partial charge in [-0.05, 0) is 233 Å². The number of carbonyl (C=O) groups is 8. The molecule has 7 fully saturated rings. The first-order valence-electron chi connectivity index (χ1n) is 46.5. The highest BCUT2D eigenvalue weighted by Gasteiger charge is 2.67. The van der Waals surface area contributed by atoms with E-state index in [2.05, 4.69) is 67.6 Å². The Kier molecular flexibility index (Phi) is 29.3. The summed E-state index contributed by atoms with van der Waals surface area (Å²) in [6, 6.07) is 64.2. The van der Waals surface area contributed by atoms with E-state index in [1.165, 1.54) is 85.3 Å². The lowest BCUT2D eigenvalue weighted by Crippen LogP contribution is -2.68. The quantitative estimate of drug-likeness (QED) is 0.0182. The van der Waals surface area contributed by atoms with Crippen molar-refractivity contribution in [2.75, 3.05) is 13.2 Å². The molecule has 0 aromatic heterocycles. The van der Waals surface area contributed by atoms with Gasteiger partial charge in [-0.25, -0.2) is 38.4 Å². The Balaban J connectivity index is 0.802. The fourth-order valence-corrected chi connectivity index (χ4v) is 22.2. The lowest BCUT2D eigenvalue weighted by atomic mass is 9.47. The van der Waals surface area contributed by atoms with Gasteiger partial charge in [-0.2, -0.15) is 0 Å². The zero-order valence-electron chi connectivity index (χ0n) is 76.6. The molecular formula is C107H120O24Si. The number of rotatable bonds is 29. The van der Waals surface area contributed by atoms with Crippen molar-refractivity contribution in [3.63, 3.8) is 0 Å². The largest absolute Gasteiger partial charge is 0.459 e. The number of esters is 8. The molecule has 8 aromatic carbocycles. The van der Waals surface area contributed by atoms with Gasteiger partial charge in [0, 0.05) is 6.61 Å². The molecule has 8 aromatic rings. The van der Waals surface area contributed by atoms with Crippen LogP contribution in [0.1, 0.15) is 203 Å². The molecular weight excluding hydrogens is 1700 g/mol. The van der Waals surface area contributed by atoms with Crippen LogP contribution in [0.4, 0.5) is 0 Å². The van der Waals surface area contributed by atoms with Crippen LogP contribution in [-0.4, -0.2) is 180 Å². The Bertz CT molecular complexity index is 5320. The summed E-state index contributed by atoms with van der Waals surface area (Å²) in [6.07, 6.45) is -17.0. The number of hydrogen-bond donors (Lipinski definition) is 0. The normalized spacial score (nSPS) is 31.4. The van der Waals surface area contributed by atoms with E-state index in [1.807, 2.05) is 0 Å². The maximum Gasteiger partial charge on any atom is 0.338 e. The summed E-state index contributed by atoms with van der Waals surface area (Å²) in [5.74, 6) is -5.00. The van der Waals surface area contributed by atoms with Crippen LogP contribution >= 0.6 is 0 Å². The summed E-state index contributed by atoms with van der Waals surface area (Å²) in [5.41, 5.74) is 1.56. The molecule has 4 aliphatic heterocycles. The second-order valence-corrected chi connectivity index (χ2v) is 43.5. The molecule has 4 heterocycles. The van der Waals surface area contributed by atoms with Crippen LogP contribution in [0.15, 0.2) is 254 Å². The van der Waals surface area contributed by atoms with Crippen LogP contribution < -0.4 is 0 Å². The van der Waals surface area contributed by atoms with Crippen molar-refractivity contribution in [2.24, 2.45) is 46.3 Å². The third-order valence-corrected chi connectivity index (χ3v) is 33.7. The van der Waals surface area contributed by atoms with E-state index in [-0.39, 0.29) is 72.6 Å². The Labute approximate surface area is 772 Å². The summed E-state index contributed by atoms with van der Waals surface area (Å²) in [5, 5.41) is 0.134. The van der Waals surface area contributed by atoms with Gasteiger partial charge >= 0.3 is 47.8 Å². The van der Waals surface area contributed by atoms with Crippen molar-refractivity contribution >= 4 is 56.1 Å². The fraction of sp³-hybridized carbons (Fsp3) is 0.458. The second-order valence-electron chi connectivity index (χ2n) is 38.7. The molecule has 16 rings (SSSR count). The number of fused-ring (bicyclic) bond motifs is 7. The van der Waals surface area contributed by atoms with Crippen LogP contribution in [-0.2, 0) is 75.5 Å². The van der Waals surface area contributed by atoms with E-state index in [9.17, 15) is 19.2 Å². The Morgan fingerprint density at radius 2 is 0.780 bits per heavy atom. The highest BCUT2D eigenvalue weighted by Crippen LogP contribution is 2.69. The topological polar surface area (TPSA) is 284 Å². The average molecular weight is 1820 g/mol. The number of hydrogen-bond acceptors (Lipinski definition) is 24. The maximum atomic E-state index is 15.9.